The second kappa shape index (κ2) is 6.75. The molecule has 1 fully saturated rings. The lowest BCUT2D eigenvalue weighted by atomic mass is 9.96. The van der Waals surface area contributed by atoms with Gasteiger partial charge < -0.3 is 15.8 Å². The lowest BCUT2D eigenvalue weighted by Gasteiger charge is -2.20. The molecule has 3 atom stereocenters. The molecule has 1 aromatic rings. The van der Waals surface area contributed by atoms with Crippen LogP contribution in [0.3, 0.4) is 0 Å². The van der Waals surface area contributed by atoms with Gasteiger partial charge in [0, 0.05) is 30.7 Å². The first-order valence-corrected chi connectivity index (χ1v) is 7.29. The fraction of sp³-hybridized carbons (Fsp3) is 0.562. The molecule has 1 aliphatic heterocycles. The van der Waals surface area contributed by atoms with Gasteiger partial charge in [0.15, 0.2) is 0 Å². The lowest BCUT2D eigenvalue weighted by molar-refractivity contribution is -0.122. The van der Waals surface area contributed by atoms with Crippen LogP contribution in [0.4, 0.5) is 5.69 Å². The van der Waals surface area contributed by atoms with Gasteiger partial charge in [0.05, 0.1) is 6.61 Å². The highest BCUT2D eigenvalue weighted by Crippen LogP contribution is 2.21. The Bertz CT molecular complexity index is 438. The van der Waals surface area contributed by atoms with E-state index in [4.69, 9.17) is 10.5 Å². The summed E-state index contributed by atoms with van der Waals surface area (Å²) < 4.78 is 5.36. The van der Waals surface area contributed by atoms with Crippen molar-refractivity contribution in [2.45, 2.75) is 38.6 Å². The molecule has 0 aliphatic carbocycles. The molecule has 0 bridgehead atoms. The standard InChI is InChI=1S/C16H24N2O2/c1-11(13-3-5-15(17)6-4-13)9-16(19)18-12(2)14-7-8-20-10-14/h3-6,11-12,14H,7-10,17H2,1-2H3,(H,18,19). The zero-order chi connectivity index (χ0) is 14.5. The van der Waals surface area contributed by atoms with E-state index in [1.165, 1.54) is 0 Å². The van der Waals surface area contributed by atoms with Gasteiger partial charge in [0.2, 0.25) is 5.91 Å². The minimum absolute atomic E-state index is 0.105. The average molecular weight is 276 g/mol. The predicted molar refractivity (Wildman–Crippen MR) is 80.4 cm³/mol. The fourth-order valence-electron chi connectivity index (χ4n) is 2.60. The lowest BCUT2D eigenvalue weighted by Crippen LogP contribution is -2.38. The predicted octanol–water partition coefficient (Wildman–Crippen LogP) is 2.30. The van der Waals surface area contributed by atoms with Crippen molar-refractivity contribution in [2.24, 2.45) is 5.92 Å². The number of hydrogen-bond acceptors (Lipinski definition) is 3. The van der Waals surface area contributed by atoms with Gasteiger partial charge in [0.25, 0.3) is 0 Å². The van der Waals surface area contributed by atoms with Crippen LogP contribution < -0.4 is 11.1 Å². The van der Waals surface area contributed by atoms with Crippen molar-refractivity contribution >= 4 is 11.6 Å². The summed E-state index contributed by atoms with van der Waals surface area (Å²) >= 11 is 0. The summed E-state index contributed by atoms with van der Waals surface area (Å²) in [6.45, 7) is 5.70. The van der Waals surface area contributed by atoms with Crippen LogP contribution in [0, 0.1) is 5.92 Å². The molecule has 4 nitrogen and oxygen atoms in total. The summed E-state index contributed by atoms with van der Waals surface area (Å²) in [5.74, 6) is 0.752. The molecule has 3 N–H and O–H groups in total. The van der Waals surface area contributed by atoms with E-state index < -0.39 is 0 Å². The Hall–Kier alpha value is -1.55. The minimum Gasteiger partial charge on any atom is -0.399 e. The van der Waals surface area contributed by atoms with Gasteiger partial charge in [-0.25, -0.2) is 0 Å². The highest BCUT2D eigenvalue weighted by Gasteiger charge is 2.24. The number of carbonyl (C=O) groups is 1. The Kier molecular flexibility index (Phi) is 5.01. The number of anilines is 1. The number of benzene rings is 1. The molecular formula is C16H24N2O2. The summed E-state index contributed by atoms with van der Waals surface area (Å²) in [7, 11) is 0. The second-order valence-electron chi connectivity index (χ2n) is 5.75. The molecule has 1 heterocycles. The number of hydrogen-bond donors (Lipinski definition) is 2. The van der Waals surface area contributed by atoms with Crippen LogP contribution in [0.15, 0.2) is 24.3 Å². The Morgan fingerprint density at radius 2 is 2.10 bits per heavy atom. The number of nitrogen functional groups attached to an aromatic ring is 1. The highest BCUT2D eigenvalue weighted by molar-refractivity contribution is 5.77. The van der Waals surface area contributed by atoms with Gasteiger partial charge in [-0.3, -0.25) is 4.79 Å². The maximum Gasteiger partial charge on any atom is 0.220 e. The van der Waals surface area contributed by atoms with Crippen LogP contribution in [0.2, 0.25) is 0 Å². The van der Waals surface area contributed by atoms with Gasteiger partial charge in [-0.1, -0.05) is 19.1 Å². The zero-order valence-electron chi connectivity index (χ0n) is 12.3. The van der Waals surface area contributed by atoms with Crippen molar-refractivity contribution in [1.29, 1.82) is 0 Å². The maximum atomic E-state index is 12.1. The van der Waals surface area contributed by atoms with E-state index in [1.807, 2.05) is 24.3 Å². The molecule has 110 valence electrons. The number of ether oxygens (including phenoxy) is 1. The first-order valence-electron chi connectivity index (χ1n) is 7.29. The van der Waals surface area contributed by atoms with E-state index in [-0.39, 0.29) is 17.9 Å². The molecular weight excluding hydrogens is 252 g/mol. The first-order chi connectivity index (χ1) is 9.56. The molecule has 0 saturated carbocycles. The normalized spacial score (nSPS) is 21.4. The van der Waals surface area contributed by atoms with Crippen LogP contribution >= 0.6 is 0 Å². The van der Waals surface area contributed by atoms with Crippen LogP contribution in [0.25, 0.3) is 0 Å². The summed E-state index contributed by atoms with van der Waals surface area (Å²) in [4.78, 5) is 12.1. The van der Waals surface area contributed by atoms with Gasteiger partial charge in [-0.15, -0.1) is 0 Å². The van der Waals surface area contributed by atoms with Crippen LogP contribution in [0.1, 0.15) is 38.2 Å². The van der Waals surface area contributed by atoms with Crippen LogP contribution in [-0.4, -0.2) is 25.2 Å². The molecule has 1 amide bonds. The molecule has 1 aliphatic rings. The van der Waals surface area contributed by atoms with Crippen LogP contribution in [-0.2, 0) is 9.53 Å². The van der Waals surface area contributed by atoms with E-state index in [0.717, 1.165) is 30.9 Å². The molecule has 0 spiro atoms. The summed E-state index contributed by atoms with van der Waals surface area (Å²) in [6.07, 6.45) is 1.54. The number of carbonyl (C=O) groups excluding carboxylic acids is 1. The van der Waals surface area contributed by atoms with Crippen molar-refractivity contribution in [3.05, 3.63) is 29.8 Å². The summed E-state index contributed by atoms with van der Waals surface area (Å²) in [6, 6.07) is 7.91. The largest absolute Gasteiger partial charge is 0.399 e. The molecule has 1 aromatic carbocycles. The maximum absolute atomic E-state index is 12.1. The quantitative estimate of drug-likeness (QED) is 0.811. The average Bonchev–Trinajstić information content (AvgIpc) is 2.93. The zero-order valence-corrected chi connectivity index (χ0v) is 12.3. The third-order valence-electron chi connectivity index (χ3n) is 4.06. The Morgan fingerprint density at radius 1 is 1.40 bits per heavy atom. The van der Waals surface area contributed by atoms with E-state index in [9.17, 15) is 4.79 Å². The van der Waals surface area contributed by atoms with E-state index in [1.54, 1.807) is 0 Å². The molecule has 1 saturated heterocycles. The van der Waals surface area contributed by atoms with Crippen molar-refractivity contribution in [3.63, 3.8) is 0 Å². The van der Waals surface area contributed by atoms with Crippen molar-refractivity contribution in [3.8, 4) is 0 Å². The third kappa shape index (κ3) is 3.97. The first kappa shape index (κ1) is 14.9. The smallest absolute Gasteiger partial charge is 0.220 e. The van der Waals surface area contributed by atoms with E-state index >= 15 is 0 Å². The van der Waals surface area contributed by atoms with Crippen molar-refractivity contribution in [1.82, 2.24) is 5.32 Å². The van der Waals surface area contributed by atoms with E-state index in [0.29, 0.717) is 12.3 Å². The topological polar surface area (TPSA) is 64.3 Å². The Labute approximate surface area is 120 Å². The second-order valence-corrected chi connectivity index (χ2v) is 5.75. The van der Waals surface area contributed by atoms with Crippen molar-refractivity contribution < 1.29 is 9.53 Å². The molecule has 0 aromatic heterocycles. The number of nitrogens with two attached hydrogens (primary N) is 1. The van der Waals surface area contributed by atoms with Crippen molar-refractivity contribution in [2.75, 3.05) is 18.9 Å². The molecule has 4 heteroatoms. The fourth-order valence-corrected chi connectivity index (χ4v) is 2.60. The number of amides is 1. The SMILES string of the molecule is CC(CC(=O)NC(C)C1CCOC1)c1ccc(N)cc1. The molecule has 3 unspecified atom stereocenters. The molecule has 0 radical (unpaired) electrons. The number of rotatable bonds is 5. The monoisotopic (exact) mass is 276 g/mol. The number of nitrogens with one attached hydrogen (secondary N) is 1. The third-order valence-corrected chi connectivity index (χ3v) is 4.06. The minimum atomic E-state index is 0.105. The Morgan fingerprint density at radius 3 is 2.70 bits per heavy atom. The molecule has 2 rings (SSSR count). The van der Waals surface area contributed by atoms with E-state index in [2.05, 4.69) is 19.2 Å². The molecule has 20 heavy (non-hydrogen) atoms. The van der Waals surface area contributed by atoms with Crippen LogP contribution in [0.5, 0.6) is 0 Å². The highest BCUT2D eigenvalue weighted by atomic mass is 16.5. The van der Waals surface area contributed by atoms with Gasteiger partial charge in [0.1, 0.15) is 0 Å². The van der Waals surface area contributed by atoms with Gasteiger partial charge in [-0.05, 0) is 37.0 Å². The van der Waals surface area contributed by atoms with Gasteiger partial charge >= 0.3 is 0 Å². The Balaban J connectivity index is 1.82. The summed E-state index contributed by atoms with van der Waals surface area (Å²) in [5, 5.41) is 3.09. The van der Waals surface area contributed by atoms with Gasteiger partial charge in [-0.2, -0.15) is 0 Å². The summed E-state index contributed by atoms with van der Waals surface area (Å²) in [5.41, 5.74) is 7.57.